The number of rotatable bonds is 4. The van der Waals surface area contributed by atoms with Crippen molar-refractivity contribution in [3.8, 4) is 0 Å². The van der Waals surface area contributed by atoms with Crippen molar-refractivity contribution in [2.75, 3.05) is 38.5 Å². The molecule has 2 heterocycles. The number of pyridine rings is 1. The molecule has 2 rings (SSSR count). The van der Waals surface area contributed by atoms with Crippen LogP contribution in [-0.4, -0.2) is 53.9 Å². The number of amides is 1. The average molecular weight is 248 g/mol. The maximum Gasteiger partial charge on any atom is 0.236 e. The quantitative estimate of drug-likeness (QED) is 0.856. The van der Waals surface area contributed by atoms with Crippen LogP contribution < -0.4 is 5.32 Å². The second-order valence-electron chi connectivity index (χ2n) is 4.61. The van der Waals surface area contributed by atoms with Crippen molar-refractivity contribution in [3.63, 3.8) is 0 Å². The number of aromatic nitrogens is 1. The summed E-state index contributed by atoms with van der Waals surface area (Å²) in [7, 11) is 1.86. The highest BCUT2D eigenvalue weighted by molar-refractivity contribution is 5.78. The van der Waals surface area contributed by atoms with E-state index >= 15 is 0 Å². The predicted octanol–water partition coefficient (Wildman–Crippen LogP) is 0.787. The Kier molecular flexibility index (Phi) is 4.15. The molecule has 0 atom stereocenters. The third-order valence-corrected chi connectivity index (χ3v) is 3.12. The smallest absolute Gasteiger partial charge is 0.236 e. The Morgan fingerprint density at radius 3 is 3.00 bits per heavy atom. The van der Waals surface area contributed by atoms with Crippen molar-refractivity contribution >= 4 is 11.7 Å². The van der Waals surface area contributed by atoms with Crippen LogP contribution in [0.4, 0.5) is 5.82 Å². The molecule has 0 saturated carbocycles. The highest BCUT2D eigenvalue weighted by atomic mass is 16.2. The van der Waals surface area contributed by atoms with E-state index in [1.807, 2.05) is 32.3 Å². The van der Waals surface area contributed by atoms with Gasteiger partial charge in [0.05, 0.1) is 6.54 Å². The molecular weight excluding hydrogens is 228 g/mol. The number of likely N-dealkylation sites (N-methyl/N-ethyl adjacent to an activating group) is 1. The fourth-order valence-corrected chi connectivity index (χ4v) is 2.05. The van der Waals surface area contributed by atoms with Gasteiger partial charge in [-0.25, -0.2) is 4.98 Å². The molecule has 1 N–H and O–H groups in total. The molecular formula is C13H20N4O. The van der Waals surface area contributed by atoms with Gasteiger partial charge in [-0.15, -0.1) is 0 Å². The summed E-state index contributed by atoms with van der Waals surface area (Å²) in [5.41, 5.74) is 1.19. The Morgan fingerprint density at radius 2 is 2.28 bits per heavy atom. The van der Waals surface area contributed by atoms with Gasteiger partial charge >= 0.3 is 0 Å². The monoisotopic (exact) mass is 248 g/mol. The summed E-state index contributed by atoms with van der Waals surface area (Å²) < 4.78 is 0. The Morgan fingerprint density at radius 1 is 1.44 bits per heavy atom. The van der Waals surface area contributed by atoms with E-state index in [4.69, 9.17) is 0 Å². The average Bonchev–Trinajstić information content (AvgIpc) is 2.35. The van der Waals surface area contributed by atoms with Crippen LogP contribution in [0.25, 0.3) is 0 Å². The van der Waals surface area contributed by atoms with Crippen LogP contribution in [0.3, 0.4) is 0 Å². The lowest BCUT2D eigenvalue weighted by Crippen LogP contribution is -2.47. The molecule has 1 fully saturated rings. The summed E-state index contributed by atoms with van der Waals surface area (Å²) in [5.74, 6) is 1.10. The standard InChI is InChI=1S/C13H20N4O/c1-3-14-12-8-11(4-5-15-12)9-17-7-6-16(2)13(18)10-17/h4-5,8H,3,6-7,9-10H2,1-2H3,(H,14,15). The number of nitrogens with zero attached hydrogens (tertiary/aromatic N) is 3. The minimum Gasteiger partial charge on any atom is -0.370 e. The van der Waals surface area contributed by atoms with Gasteiger partial charge in [-0.05, 0) is 24.6 Å². The lowest BCUT2D eigenvalue weighted by atomic mass is 10.2. The molecule has 0 radical (unpaired) electrons. The molecule has 0 aliphatic carbocycles. The van der Waals surface area contributed by atoms with Crippen molar-refractivity contribution in [2.24, 2.45) is 0 Å². The van der Waals surface area contributed by atoms with Gasteiger partial charge in [0, 0.05) is 39.4 Å². The fourth-order valence-electron chi connectivity index (χ4n) is 2.05. The second-order valence-corrected chi connectivity index (χ2v) is 4.61. The first kappa shape index (κ1) is 12.8. The van der Waals surface area contributed by atoms with Crippen LogP contribution in [-0.2, 0) is 11.3 Å². The van der Waals surface area contributed by atoms with E-state index in [0.29, 0.717) is 6.54 Å². The molecule has 0 aromatic carbocycles. The normalized spacial score (nSPS) is 17.0. The van der Waals surface area contributed by atoms with Crippen LogP contribution in [0.5, 0.6) is 0 Å². The number of anilines is 1. The van der Waals surface area contributed by atoms with Crippen LogP contribution in [0.2, 0.25) is 0 Å². The van der Waals surface area contributed by atoms with Gasteiger partial charge in [0.1, 0.15) is 5.82 Å². The highest BCUT2D eigenvalue weighted by Crippen LogP contribution is 2.11. The number of hydrogen-bond donors (Lipinski definition) is 1. The maximum absolute atomic E-state index is 11.6. The van der Waals surface area contributed by atoms with Gasteiger partial charge in [-0.3, -0.25) is 9.69 Å². The lowest BCUT2D eigenvalue weighted by molar-refractivity contribution is -0.134. The first-order valence-corrected chi connectivity index (χ1v) is 6.34. The summed E-state index contributed by atoms with van der Waals surface area (Å²) in [4.78, 5) is 19.8. The molecule has 18 heavy (non-hydrogen) atoms. The number of hydrogen-bond acceptors (Lipinski definition) is 4. The van der Waals surface area contributed by atoms with E-state index in [1.165, 1.54) is 5.56 Å². The summed E-state index contributed by atoms with van der Waals surface area (Å²) in [6.07, 6.45) is 1.81. The summed E-state index contributed by atoms with van der Waals surface area (Å²) in [6, 6.07) is 4.05. The molecule has 1 saturated heterocycles. The van der Waals surface area contributed by atoms with Crippen LogP contribution in [0, 0.1) is 0 Å². The molecule has 1 aliphatic heterocycles. The SMILES string of the molecule is CCNc1cc(CN2CCN(C)C(=O)C2)ccn1. The minimum atomic E-state index is 0.196. The maximum atomic E-state index is 11.6. The van der Waals surface area contributed by atoms with Crippen molar-refractivity contribution in [1.29, 1.82) is 0 Å². The molecule has 0 spiro atoms. The van der Waals surface area contributed by atoms with Gasteiger partial charge in [0.2, 0.25) is 5.91 Å². The van der Waals surface area contributed by atoms with E-state index < -0.39 is 0 Å². The van der Waals surface area contributed by atoms with Crippen molar-refractivity contribution < 1.29 is 4.79 Å². The minimum absolute atomic E-state index is 0.196. The Labute approximate surface area is 108 Å². The number of carbonyl (C=O) groups excluding carboxylic acids is 1. The molecule has 1 aromatic heterocycles. The van der Waals surface area contributed by atoms with Gasteiger partial charge in [-0.1, -0.05) is 0 Å². The molecule has 5 nitrogen and oxygen atoms in total. The van der Waals surface area contributed by atoms with E-state index in [9.17, 15) is 4.79 Å². The topological polar surface area (TPSA) is 48.5 Å². The van der Waals surface area contributed by atoms with Crippen molar-refractivity contribution in [1.82, 2.24) is 14.8 Å². The molecule has 98 valence electrons. The zero-order valence-corrected chi connectivity index (χ0v) is 11.0. The third-order valence-electron chi connectivity index (χ3n) is 3.12. The van der Waals surface area contributed by atoms with Crippen molar-refractivity contribution in [2.45, 2.75) is 13.5 Å². The second kappa shape index (κ2) is 5.82. The van der Waals surface area contributed by atoms with E-state index in [-0.39, 0.29) is 5.91 Å². The van der Waals surface area contributed by atoms with E-state index in [2.05, 4.69) is 15.2 Å². The van der Waals surface area contributed by atoms with E-state index in [1.54, 1.807) is 4.90 Å². The molecule has 0 unspecified atom stereocenters. The Balaban J connectivity index is 1.96. The summed E-state index contributed by atoms with van der Waals surface area (Å²) in [6.45, 7) is 5.97. The molecule has 0 bridgehead atoms. The number of nitrogens with one attached hydrogen (secondary N) is 1. The van der Waals surface area contributed by atoms with Crippen LogP contribution >= 0.6 is 0 Å². The zero-order valence-electron chi connectivity index (χ0n) is 11.0. The van der Waals surface area contributed by atoms with Gasteiger partial charge in [0.25, 0.3) is 0 Å². The first-order valence-electron chi connectivity index (χ1n) is 6.34. The lowest BCUT2D eigenvalue weighted by Gasteiger charge is -2.31. The predicted molar refractivity (Wildman–Crippen MR) is 71.3 cm³/mol. The number of carbonyl (C=O) groups is 1. The molecule has 1 aliphatic rings. The van der Waals surface area contributed by atoms with Gasteiger partial charge < -0.3 is 10.2 Å². The molecule has 5 heteroatoms. The Bertz CT molecular complexity index is 421. The van der Waals surface area contributed by atoms with Crippen LogP contribution in [0.1, 0.15) is 12.5 Å². The zero-order chi connectivity index (χ0) is 13.0. The molecule has 1 amide bonds. The van der Waals surface area contributed by atoms with Crippen LogP contribution in [0.15, 0.2) is 18.3 Å². The van der Waals surface area contributed by atoms with E-state index in [0.717, 1.165) is 32.0 Å². The first-order chi connectivity index (χ1) is 8.69. The van der Waals surface area contributed by atoms with Gasteiger partial charge in [-0.2, -0.15) is 0 Å². The summed E-state index contributed by atoms with van der Waals surface area (Å²) in [5, 5.41) is 3.20. The fraction of sp³-hybridized carbons (Fsp3) is 0.538. The third kappa shape index (κ3) is 3.20. The highest BCUT2D eigenvalue weighted by Gasteiger charge is 2.20. The summed E-state index contributed by atoms with van der Waals surface area (Å²) >= 11 is 0. The molecule has 1 aromatic rings. The number of piperazine rings is 1. The Hall–Kier alpha value is -1.62. The van der Waals surface area contributed by atoms with Gasteiger partial charge in [0.15, 0.2) is 0 Å². The largest absolute Gasteiger partial charge is 0.370 e. The van der Waals surface area contributed by atoms with Crippen molar-refractivity contribution in [3.05, 3.63) is 23.9 Å².